The van der Waals surface area contributed by atoms with Crippen molar-refractivity contribution in [3.63, 3.8) is 0 Å². The van der Waals surface area contributed by atoms with Gasteiger partial charge in [-0.05, 0) is 18.6 Å². The smallest absolute Gasteiger partial charge is 0.395 e. The number of nitrogens with zero attached hydrogens (tertiary/aromatic N) is 3. The van der Waals surface area contributed by atoms with Crippen molar-refractivity contribution in [2.75, 3.05) is 0 Å². The standard InChI is InChI=1S/C13H9ClF3N3O3/c14-11-6(12(21)22)1-2-9(18-11)20-4-3-10(19-20)23-8-5-7(8)13(15,16)17/h1-4,7-8H,5H2,(H,21,22)/t7-,8-/m0/s1. The van der Waals surface area contributed by atoms with Crippen molar-refractivity contribution in [3.8, 4) is 11.7 Å². The highest BCUT2D eigenvalue weighted by Gasteiger charge is 2.57. The second kappa shape index (κ2) is 5.41. The van der Waals surface area contributed by atoms with Crippen LogP contribution in [0.4, 0.5) is 13.2 Å². The average molecular weight is 348 g/mol. The third-order valence-corrected chi connectivity index (χ3v) is 3.58. The number of rotatable bonds is 4. The normalized spacial score (nSPS) is 20.3. The van der Waals surface area contributed by atoms with Crippen molar-refractivity contribution in [3.05, 3.63) is 35.1 Å². The summed E-state index contributed by atoms with van der Waals surface area (Å²) in [6, 6.07) is 4.03. The summed E-state index contributed by atoms with van der Waals surface area (Å²) in [6.07, 6.45) is -3.86. The summed E-state index contributed by atoms with van der Waals surface area (Å²) in [6.45, 7) is 0. The molecule has 1 saturated carbocycles. The summed E-state index contributed by atoms with van der Waals surface area (Å²) in [5.74, 6) is -2.43. The van der Waals surface area contributed by atoms with Crippen LogP contribution in [-0.2, 0) is 0 Å². The third-order valence-electron chi connectivity index (χ3n) is 3.29. The maximum atomic E-state index is 12.4. The molecule has 10 heteroatoms. The lowest BCUT2D eigenvalue weighted by molar-refractivity contribution is -0.153. The van der Waals surface area contributed by atoms with Crippen LogP contribution in [0.5, 0.6) is 5.88 Å². The summed E-state index contributed by atoms with van der Waals surface area (Å²) in [7, 11) is 0. The van der Waals surface area contributed by atoms with Crippen molar-refractivity contribution >= 4 is 17.6 Å². The lowest BCUT2D eigenvalue weighted by Crippen LogP contribution is -2.16. The van der Waals surface area contributed by atoms with E-state index in [1.807, 2.05) is 0 Å². The lowest BCUT2D eigenvalue weighted by atomic mass is 10.3. The van der Waals surface area contributed by atoms with Crippen LogP contribution in [0.1, 0.15) is 16.8 Å². The van der Waals surface area contributed by atoms with E-state index in [1.54, 1.807) is 0 Å². The molecule has 0 unspecified atom stereocenters. The monoisotopic (exact) mass is 347 g/mol. The highest BCUT2D eigenvalue weighted by atomic mass is 35.5. The SMILES string of the molecule is O=C(O)c1ccc(-n2ccc(O[C@H]3C[C@@H]3C(F)(F)F)n2)nc1Cl. The summed E-state index contributed by atoms with van der Waals surface area (Å²) in [5.41, 5.74) is -0.162. The first-order valence-electron chi connectivity index (χ1n) is 6.45. The zero-order chi connectivity index (χ0) is 16.8. The van der Waals surface area contributed by atoms with Gasteiger partial charge in [0.1, 0.15) is 11.3 Å². The molecule has 122 valence electrons. The molecule has 6 nitrogen and oxygen atoms in total. The quantitative estimate of drug-likeness (QED) is 0.860. The molecule has 1 N–H and O–H groups in total. The minimum atomic E-state index is -4.27. The number of hydrogen-bond donors (Lipinski definition) is 1. The average Bonchev–Trinajstić information content (AvgIpc) is 3.07. The van der Waals surface area contributed by atoms with Gasteiger partial charge in [0.2, 0.25) is 5.88 Å². The molecule has 0 spiro atoms. The Hall–Kier alpha value is -2.29. The van der Waals surface area contributed by atoms with Crippen LogP contribution >= 0.6 is 11.6 Å². The number of halogens is 4. The topological polar surface area (TPSA) is 77.2 Å². The van der Waals surface area contributed by atoms with E-state index in [2.05, 4.69) is 10.1 Å². The molecule has 2 heterocycles. The van der Waals surface area contributed by atoms with E-state index in [4.69, 9.17) is 21.4 Å². The third kappa shape index (κ3) is 3.24. The van der Waals surface area contributed by atoms with Gasteiger partial charge in [-0.25, -0.2) is 14.5 Å². The lowest BCUT2D eigenvalue weighted by Gasteiger charge is -2.06. The Kier molecular flexibility index (Phi) is 3.67. The molecule has 2 aromatic rings. The molecule has 1 aliphatic carbocycles. The second-order valence-electron chi connectivity index (χ2n) is 4.95. The molecule has 0 aliphatic heterocycles. The Balaban J connectivity index is 1.73. The van der Waals surface area contributed by atoms with E-state index in [0.29, 0.717) is 0 Å². The van der Waals surface area contributed by atoms with Crippen LogP contribution in [0.2, 0.25) is 5.15 Å². The number of carboxylic acid groups (broad SMARTS) is 1. The summed E-state index contributed by atoms with van der Waals surface area (Å²) < 4.78 is 43.7. The van der Waals surface area contributed by atoms with Gasteiger partial charge >= 0.3 is 12.1 Å². The zero-order valence-electron chi connectivity index (χ0n) is 11.3. The highest BCUT2D eigenvalue weighted by Crippen LogP contribution is 2.46. The van der Waals surface area contributed by atoms with Crippen molar-refractivity contribution < 1.29 is 27.8 Å². The van der Waals surface area contributed by atoms with E-state index in [9.17, 15) is 18.0 Å². The van der Waals surface area contributed by atoms with Gasteiger partial charge in [0.25, 0.3) is 0 Å². The predicted octanol–water partition coefficient (Wildman–Crippen LogP) is 2.95. The van der Waals surface area contributed by atoms with Gasteiger partial charge in [0.05, 0.1) is 11.5 Å². The minimum Gasteiger partial charge on any atom is -0.478 e. The van der Waals surface area contributed by atoms with Gasteiger partial charge < -0.3 is 9.84 Å². The molecule has 3 rings (SSSR count). The van der Waals surface area contributed by atoms with Crippen LogP contribution in [0, 0.1) is 5.92 Å². The molecule has 23 heavy (non-hydrogen) atoms. The fourth-order valence-electron chi connectivity index (χ4n) is 2.01. The predicted molar refractivity (Wildman–Crippen MR) is 71.9 cm³/mol. The van der Waals surface area contributed by atoms with Gasteiger partial charge in [-0.3, -0.25) is 0 Å². The number of ether oxygens (including phenoxy) is 1. The molecule has 1 aliphatic rings. The van der Waals surface area contributed by atoms with Crippen molar-refractivity contribution in [2.24, 2.45) is 5.92 Å². The van der Waals surface area contributed by atoms with Gasteiger partial charge in [0.15, 0.2) is 5.82 Å². The van der Waals surface area contributed by atoms with Crippen LogP contribution in [0.25, 0.3) is 5.82 Å². The maximum absolute atomic E-state index is 12.4. The van der Waals surface area contributed by atoms with E-state index >= 15 is 0 Å². The Labute approximate surface area is 132 Å². The number of pyridine rings is 1. The molecular formula is C13H9ClF3N3O3. The Bertz CT molecular complexity index is 762. The molecule has 2 atom stereocenters. The molecule has 0 aromatic carbocycles. The maximum Gasteiger partial charge on any atom is 0.395 e. The molecule has 0 amide bonds. The number of aromatic carboxylic acids is 1. The molecule has 0 bridgehead atoms. The van der Waals surface area contributed by atoms with E-state index < -0.39 is 24.2 Å². The summed E-state index contributed by atoms with van der Waals surface area (Å²) in [5, 5.41) is 12.6. The van der Waals surface area contributed by atoms with Gasteiger partial charge in [-0.15, -0.1) is 5.10 Å². The highest BCUT2D eigenvalue weighted by molar-refractivity contribution is 6.32. The Morgan fingerprint density at radius 2 is 2.13 bits per heavy atom. The van der Waals surface area contributed by atoms with Crippen molar-refractivity contribution in [1.29, 1.82) is 0 Å². The van der Waals surface area contributed by atoms with Crippen LogP contribution in [0.15, 0.2) is 24.4 Å². The van der Waals surface area contributed by atoms with Crippen LogP contribution < -0.4 is 4.74 Å². The number of hydrogen-bond acceptors (Lipinski definition) is 4. The second-order valence-corrected chi connectivity index (χ2v) is 5.31. The fourth-order valence-corrected chi connectivity index (χ4v) is 2.24. The van der Waals surface area contributed by atoms with Crippen LogP contribution in [-0.4, -0.2) is 38.1 Å². The molecule has 0 radical (unpaired) electrons. The first-order valence-corrected chi connectivity index (χ1v) is 6.83. The molecule has 0 saturated heterocycles. The number of aromatic nitrogens is 3. The van der Waals surface area contributed by atoms with Gasteiger partial charge in [-0.2, -0.15) is 13.2 Å². The first-order chi connectivity index (χ1) is 10.8. The Morgan fingerprint density at radius 1 is 1.39 bits per heavy atom. The van der Waals surface area contributed by atoms with Gasteiger partial charge in [-0.1, -0.05) is 11.6 Å². The van der Waals surface area contributed by atoms with Crippen LogP contribution in [0.3, 0.4) is 0 Å². The largest absolute Gasteiger partial charge is 0.478 e. The summed E-state index contributed by atoms with van der Waals surface area (Å²) >= 11 is 5.76. The van der Waals surface area contributed by atoms with Crippen molar-refractivity contribution in [2.45, 2.75) is 18.7 Å². The van der Waals surface area contributed by atoms with Gasteiger partial charge in [0, 0.05) is 12.3 Å². The van der Waals surface area contributed by atoms with E-state index in [-0.39, 0.29) is 28.8 Å². The molecule has 2 aromatic heterocycles. The van der Waals surface area contributed by atoms with E-state index in [1.165, 1.54) is 29.1 Å². The minimum absolute atomic E-state index is 0.0296. The fraction of sp³-hybridized carbons (Fsp3) is 0.308. The number of alkyl halides is 3. The van der Waals surface area contributed by atoms with E-state index in [0.717, 1.165) is 0 Å². The Morgan fingerprint density at radius 3 is 2.70 bits per heavy atom. The van der Waals surface area contributed by atoms with Crippen molar-refractivity contribution in [1.82, 2.24) is 14.8 Å². The number of carboxylic acids is 1. The first kappa shape index (κ1) is 15.6. The molecule has 1 fully saturated rings. The molecular weight excluding hydrogens is 339 g/mol. The summed E-state index contributed by atoms with van der Waals surface area (Å²) in [4.78, 5) is 14.7. The zero-order valence-corrected chi connectivity index (χ0v) is 12.0. The number of carbonyl (C=O) groups is 1.